The van der Waals surface area contributed by atoms with E-state index in [9.17, 15) is 14.7 Å². The molecule has 3 aliphatic carbocycles. The number of carbonyl (C=O) groups excluding carboxylic acids is 2. The van der Waals surface area contributed by atoms with E-state index in [0.717, 1.165) is 44.9 Å². The van der Waals surface area contributed by atoms with Crippen LogP contribution in [-0.2, 0) is 19.1 Å². The number of aliphatic hydroxyl groups is 1. The van der Waals surface area contributed by atoms with Gasteiger partial charge in [0, 0.05) is 32.3 Å². The molecule has 5 nitrogen and oxygen atoms in total. The van der Waals surface area contributed by atoms with Crippen molar-refractivity contribution >= 4 is 11.9 Å². The zero-order valence-corrected chi connectivity index (χ0v) is 18.5. The molecule has 3 saturated carbocycles. The summed E-state index contributed by atoms with van der Waals surface area (Å²) in [7, 11) is 0. The van der Waals surface area contributed by atoms with Crippen LogP contribution >= 0.6 is 0 Å². The van der Waals surface area contributed by atoms with E-state index in [-0.39, 0.29) is 53.4 Å². The molecule has 3 aliphatic rings. The van der Waals surface area contributed by atoms with Gasteiger partial charge in [-0.25, -0.2) is 0 Å². The molecule has 164 valence electrons. The minimum Gasteiger partial charge on any atom is -0.463 e. The van der Waals surface area contributed by atoms with Gasteiger partial charge >= 0.3 is 11.9 Å². The van der Waals surface area contributed by atoms with Gasteiger partial charge in [0.25, 0.3) is 0 Å². The summed E-state index contributed by atoms with van der Waals surface area (Å²) in [6, 6.07) is 0. The lowest BCUT2D eigenvalue weighted by molar-refractivity contribution is -0.177. The van der Waals surface area contributed by atoms with E-state index in [4.69, 9.17) is 9.47 Å². The molecule has 0 spiro atoms. The van der Waals surface area contributed by atoms with Crippen molar-refractivity contribution in [1.82, 2.24) is 0 Å². The third-order valence-electron chi connectivity index (χ3n) is 8.60. The van der Waals surface area contributed by atoms with E-state index < -0.39 is 0 Å². The SMILES string of the molecule is C=C1CC[C@@H]2[C@H](OC(C)=O)[C@H]([C@@]3(C)CC[C@H](OC(C)=O)C[C@@H]3CCO)CC[C@]12C. The van der Waals surface area contributed by atoms with Gasteiger partial charge in [-0.3, -0.25) is 9.59 Å². The standard InChI is InChI=1S/C24H38O5/c1-15-6-7-20-22(29-17(3)27)21(9-12-23(15,20)4)24(5)11-8-19(28-16(2)26)14-18(24)10-13-25/h18-22,25H,1,6-14H2,2-5H3/t18-,19-,20+,21+,22-,23+,24-/m0/s1. The van der Waals surface area contributed by atoms with E-state index >= 15 is 0 Å². The predicted molar refractivity (Wildman–Crippen MR) is 111 cm³/mol. The number of fused-ring (bicyclic) bond motifs is 1. The van der Waals surface area contributed by atoms with Gasteiger partial charge in [0.05, 0.1) is 0 Å². The number of hydrogen-bond acceptors (Lipinski definition) is 5. The highest BCUT2D eigenvalue weighted by atomic mass is 16.5. The van der Waals surface area contributed by atoms with Gasteiger partial charge in [-0.05, 0) is 68.1 Å². The van der Waals surface area contributed by atoms with Crippen molar-refractivity contribution in [3.05, 3.63) is 12.2 Å². The molecule has 0 aromatic rings. The van der Waals surface area contributed by atoms with Crippen LogP contribution in [0.3, 0.4) is 0 Å². The topological polar surface area (TPSA) is 72.8 Å². The van der Waals surface area contributed by atoms with Crippen molar-refractivity contribution in [2.24, 2.45) is 28.6 Å². The van der Waals surface area contributed by atoms with Crippen molar-refractivity contribution in [1.29, 1.82) is 0 Å². The van der Waals surface area contributed by atoms with E-state index in [1.54, 1.807) is 0 Å². The van der Waals surface area contributed by atoms with Gasteiger partial charge < -0.3 is 14.6 Å². The summed E-state index contributed by atoms with van der Waals surface area (Å²) in [5.74, 6) is 0.359. The molecule has 0 unspecified atom stereocenters. The van der Waals surface area contributed by atoms with Crippen LogP contribution in [0.25, 0.3) is 0 Å². The van der Waals surface area contributed by atoms with Crippen LogP contribution in [0, 0.1) is 28.6 Å². The number of rotatable bonds is 5. The molecule has 0 radical (unpaired) electrons. The largest absolute Gasteiger partial charge is 0.463 e. The lowest BCUT2D eigenvalue weighted by Crippen LogP contribution is -2.54. The van der Waals surface area contributed by atoms with Gasteiger partial charge in [-0.2, -0.15) is 0 Å². The molecular weight excluding hydrogens is 368 g/mol. The normalized spacial score (nSPS) is 42.2. The molecule has 7 atom stereocenters. The number of hydrogen-bond donors (Lipinski definition) is 1. The van der Waals surface area contributed by atoms with Gasteiger partial charge in [0.2, 0.25) is 0 Å². The lowest BCUT2D eigenvalue weighted by Gasteiger charge is -2.56. The quantitative estimate of drug-likeness (QED) is 0.540. The summed E-state index contributed by atoms with van der Waals surface area (Å²) in [4.78, 5) is 23.5. The molecule has 0 saturated heterocycles. The maximum atomic E-state index is 12.1. The molecule has 0 amide bonds. The number of carbonyl (C=O) groups is 2. The molecule has 1 N–H and O–H groups in total. The minimum absolute atomic E-state index is 0.0500. The van der Waals surface area contributed by atoms with Crippen LogP contribution in [0.1, 0.15) is 79.1 Å². The van der Waals surface area contributed by atoms with Crippen molar-refractivity contribution in [2.75, 3.05) is 6.61 Å². The number of esters is 2. The first-order valence-electron chi connectivity index (χ1n) is 11.3. The Morgan fingerprint density at radius 1 is 1.07 bits per heavy atom. The number of allylic oxidation sites excluding steroid dienone is 1. The first-order valence-corrected chi connectivity index (χ1v) is 11.3. The third-order valence-corrected chi connectivity index (χ3v) is 8.60. The van der Waals surface area contributed by atoms with E-state index in [2.05, 4.69) is 20.4 Å². The minimum atomic E-state index is -0.239. The van der Waals surface area contributed by atoms with E-state index in [1.807, 2.05) is 0 Å². The molecule has 0 bridgehead atoms. The molecule has 3 fully saturated rings. The van der Waals surface area contributed by atoms with Crippen LogP contribution < -0.4 is 0 Å². The maximum Gasteiger partial charge on any atom is 0.302 e. The average molecular weight is 407 g/mol. The first kappa shape index (κ1) is 22.3. The molecule has 0 aromatic heterocycles. The second-order valence-electron chi connectivity index (χ2n) is 10.1. The number of ether oxygens (including phenoxy) is 2. The van der Waals surface area contributed by atoms with Gasteiger partial charge in [0.15, 0.2) is 0 Å². The molecule has 0 aromatic carbocycles. The summed E-state index contributed by atoms with van der Waals surface area (Å²) in [6.07, 6.45) is 7.14. The smallest absolute Gasteiger partial charge is 0.302 e. The van der Waals surface area contributed by atoms with Crippen molar-refractivity contribution in [3.8, 4) is 0 Å². The summed E-state index contributed by atoms with van der Waals surface area (Å²) < 4.78 is 11.6. The highest BCUT2D eigenvalue weighted by Gasteiger charge is 2.58. The molecular formula is C24H38O5. The Hall–Kier alpha value is -1.36. The Balaban J connectivity index is 1.89. The Kier molecular flexibility index (Phi) is 6.47. The van der Waals surface area contributed by atoms with Crippen LogP contribution in [0.2, 0.25) is 0 Å². The summed E-state index contributed by atoms with van der Waals surface area (Å²) in [6.45, 7) is 12.0. The molecule has 5 heteroatoms. The van der Waals surface area contributed by atoms with Crippen LogP contribution in [-0.4, -0.2) is 35.9 Å². The lowest BCUT2D eigenvalue weighted by atomic mass is 9.51. The highest BCUT2D eigenvalue weighted by Crippen LogP contribution is 2.62. The first-order chi connectivity index (χ1) is 13.6. The molecule has 0 heterocycles. The van der Waals surface area contributed by atoms with Gasteiger partial charge in [0.1, 0.15) is 12.2 Å². The fraction of sp³-hybridized carbons (Fsp3) is 0.833. The highest BCUT2D eigenvalue weighted by molar-refractivity contribution is 5.66. The Bertz CT molecular complexity index is 658. The Labute approximate surface area is 175 Å². The van der Waals surface area contributed by atoms with Gasteiger partial charge in [-0.1, -0.05) is 26.0 Å². The maximum absolute atomic E-state index is 12.1. The second-order valence-corrected chi connectivity index (χ2v) is 10.1. The summed E-state index contributed by atoms with van der Waals surface area (Å²) >= 11 is 0. The van der Waals surface area contributed by atoms with Crippen molar-refractivity contribution in [2.45, 2.75) is 91.3 Å². The fourth-order valence-electron chi connectivity index (χ4n) is 6.86. The van der Waals surface area contributed by atoms with Crippen LogP contribution in [0.15, 0.2) is 12.2 Å². The zero-order chi connectivity index (χ0) is 21.4. The van der Waals surface area contributed by atoms with Gasteiger partial charge in [-0.15, -0.1) is 0 Å². The van der Waals surface area contributed by atoms with E-state index in [0.29, 0.717) is 12.3 Å². The summed E-state index contributed by atoms with van der Waals surface area (Å²) in [5.41, 5.74) is 1.30. The fourth-order valence-corrected chi connectivity index (χ4v) is 6.86. The molecule has 29 heavy (non-hydrogen) atoms. The van der Waals surface area contributed by atoms with Crippen LogP contribution in [0.5, 0.6) is 0 Å². The van der Waals surface area contributed by atoms with E-state index in [1.165, 1.54) is 19.4 Å². The number of aliphatic hydroxyl groups excluding tert-OH is 1. The predicted octanol–water partition coefficient (Wildman–Crippen LogP) is 4.42. The van der Waals surface area contributed by atoms with Crippen molar-refractivity contribution < 1.29 is 24.2 Å². The molecule has 0 aliphatic heterocycles. The summed E-state index contributed by atoms with van der Waals surface area (Å²) in [5, 5.41) is 9.75. The monoisotopic (exact) mass is 406 g/mol. The van der Waals surface area contributed by atoms with Crippen molar-refractivity contribution in [3.63, 3.8) is 0 Å². The zero-order valence-electron chi connectivity index (χ0n) is 18.5. The Morgan fingerprint density at radius 2 is 1.76 bits per heavy atom. The molecule has 3 rings (SSSR count). The average Bonchev–Trinajstić information content (AvgIpc) is 2.93. The second kappa shape index (κ2) is 8.41. The van der Waals surface area contributed by atoms with Crippen LogP contribution in [0.4, 0.5) is 0 Å². The third kappa shape index (κ3) is 4.12. The Morgan fingerprint density at radius 3 is 2.38 bits per heavy atom.